The highest BCUT2D eigenvalue weighted by Gasteiger charge is 2.13. The lowest BCUT2D eigenvalue weighted by Crippen LogP contribution is -2.32. The molecule has 0 radical (unpaired) electrons. The molecule has 1 N–H and O–H groups in total. The molecule has 2 amide bonds. The normalized spacial score (nSPS) is 15.3. The molecular formula is C17H22N2O3S. The third-order valence-electron chi connectivity index (χ3n) is 3.54. The molecule has 5 nitrogen and oxygen atoms in total. The first kappa shape index (κ1) is 17.4. The van der Waals surface area contributed by atoms with Crippen LogP contribution in [0, 0.1) is 0 Å². The zero-order valence-corrected chi connectivity index (χ0v) is 14.1. The summed E-state index contributed by atoms with van der Waals surface area (Å²) < 4.78 is 5.08. The summed E-state index contributed by atoms with van der Waals surface area (Å²) in [5.41, 5.74) is 0.975. The smallest absolute Gasteiger partial charge is 0.246 e. The maximum atomic E-state index is 12.0. The largest absolute Gasteiger partial charge is 0.497 e. The predicted molar refractivity (Wildman–Crippen MR) is 92.5 cm³/mol. The van der Waals surface area contributed by atoms with Gasteiger partial charge in [-0.05, 0) is 29.9 Å². The number of amides is 2. The van der Waals surface area contributed by atoms with E-state index in [1.165, 1.54) is 12.2 Å². The number of hydrogen-bond donors (Lipinski definition) is 1. The fraction of sp³-hybridized carbons (Fsp3) is 0.412. The first-order chi connectivity index (χ1) is 11.2. The Kier molecular flexibility index (Phi) is 7.00. The number of methoxy groups -OCH3 is 1. The number of carbonyl (C=O) groups excluding carboxylic acids is 2. The van der Waals surface area contributed by atoms with Crippen LogP contribution in [0.25, 0.3) is 0 Å². The fourth-order valence-electron chi connectivity index (χ4n) is 2.21. The van der Waals surface area contributed by atoms with E-state index < -0.39 is 0 Å². The predicted octanol–water partition coefficient (Wildman–Crippen LogP) is 1.83. The van der Waals surface area contributed by atoms with Gasteiger partial charge in [0.15, 0.2) is 0 Å². The van der Waals surface area contributed by atoms with E-state index in [9.17, 15) is 9.59 Å². The molecule has 0 bridgehead atoms. The molecule has 1 aromatic rings. The Balaban J connectivity index is 1.77. The molecule has 23 heavy (non-hydrogen) atoms. The van der Waals surface area contributed by atoms with Crippen molar-refractivity contribution in [3.05, 3.63) is 42.0 Å². The molecule has 0 aliphatic carbocycles. The van der Waals surface area contributed by atoms with Gasteiger partial charge in [0.1, 0.15) is 5.75 Å². The summed E-state index contributed by atoms with van der Waals surface area (Å²) in [5.74, 6) is 2.48. The number of hydrogen-bond acceptors (Lipinski definition) is 4. The van der Waals surface area contributed by atoms with Gasteiger partial charge < -0.3 is 15.0 Å². The number of nitrogens with zero attached hydrogens (tertiary/aromatic N) is 1. The van der Waals surface area contributed by atoms with E-state index in [1.54, 1.807) is 12.0 Å². The molecule has 1 heterocycles. The van der Waals surface area contributed by atoms with Gasteiger partial charge in [-0.2, -0.15) is 11.8 Å². The molecule has 1 aromatic carbocycles. The Morgan fingerprint density at radius 2 is 2.00 bits per heavy atom. The summed E-state index contributed by atoms with van der Waals surface area (Å²) in [6.45, 7) is 1.94. The molecule has 0 aromatic heterocycles. The topological polar surface area (TPSA) is 58.6 Å². The van der Waals surface area contributed by atoms with Gasteiger partial charge in [0.05, 0.1) is 7.11 Å². The van der Waals surface area contributed by atoms with Crippen molar-refractivity contribution in [1.82, 2.24) is 10.2 Å². The summed E-state index contributed by atoms with van der Waals surface area (Å²) in [5, 5.41) is 2.77. The number of nitrogens with one attached hydrogen (secondary N) is 1. The highest BCUT2D eigenvalue weighted by molar-refractivity contribution is 7.99. The zero-order chi connectivity index (χ0) is 16.5. The van der Waals surface area contributed by atoms with Crippen molar-refractivity contribution in [2.45, 2.75) is 13.0 Å². The lowest BCUT2D eigenvalue weighted by atomic mass is 10.2. The van der Waals surface area contributed by atoms with Crippen molar-refractivity contribution in [3.8, 4) is 5.75 Å². The van der Waals surface area contributed by atoms with Gasteiger partial charge in [-0.1, -0.05) is 12.1 Å². The minimum absolute atomic E-state index is 0.0907. The molecule has 0 unspecified atom stereocenters. The van der Waals surface area contributed by atoms with E-state index in [4.69, 9.17) is 4.74 Å². The second kappa shape index (κ2) is 9.25. The number of rotatable bonds is 5. The summed E-state index contributed by atoms with van der Waals surface area (Å²) in [7, 11) is 1.61. The van der Waals surface area contributed by atoms with Crippen LogP contribution < -0.4 is 10.1 Å². The molecular weight excluding hydrogens is 312 g/mol. The van der Waals surface area contributed by atoms with Gasteiger partial charge in [-0.15, -0.1) is 0 Å². The van der Waals surface area contributed by atoms with Gasteiger partial charge in [0, 0.05) is 37.5 Å². The van der Waals surface area contributed by atoms with Crippen LogP contribution in [0.5, 0.6) is 5.75 Å². The van der Waals surface area contributed by atoms with E-state index in [1.807, 2.05) is 36.0 Å². The van der Waals surface area contributed by atoms with Gasteiger partial charge in [-0.3, -0.25) is 9.59 Å². The van der Waals surface area contributed by atoms with Crippen molar-refractivity contribution >= 4 is 23.6 Å². The Morgan fingerprint density at radius 3 is 2.74 bits per heavy atom. The second-order valence-electron chi connectivity index (χ2n) is 5.19. The monoisotopic (exact) mass is 334 g/mol. The number of ether oxygens (including phenoxy) is 1. The van der Waals surface area contributed by atoms with Crippen LogP contribution in [0.2, 0.25) is 0 Å². The molecule has 0 atom stereocenters. The minimum atomic E-state index is -0.265. The van der Waals surface area contributed by atoms with Gasteiger partial charge in [0.25, 0.3) is 0 Å². The SMILES string of the molecule is COc1ccc(CNC(=O)C=CC(=O)N2CCCSCC2)cc1. The maximum absolute atomic E-state index is 12.0. The van der Waals surface area contributed by atoms with Crippen LogP contribution in [-0.4, -0.2) is 48.4 Å². The summed E-state index contributed by atoms with van der Waals surface area (Å²) in [6.07, 6.45) is 3.68. The van der Waals surface area contributed by atoms with Gasteiger partial charge >= 0.3 is 0 Å². The summed E-state index contributed by atoms with van der Waals surface area (Å²) >= 11 is 1.86. The number of carbonyl (C=O) groups is 2. The molecule has 0 spiro atoms. The highest BCUT2D eigenvalue weighted by Crippen LogP contribution is 2.11. The Labute approximate surface area is 141 Å². The van der Waals surface area contributed by atoms with E-state index >= 15 is 0 Å². The lowest BCUT2D eigenvalue weighted by molar-refractivity contribution is -0.126. The Bertz CT molecular complexity index is 549. The Morgan fingerprint density at radius 1 is 1.22 bits per heavy atom. The minimum Gasteiger partial charge on any atom is -0.497 e. The van der Waals surface area contributed by atoms with Crippen molar-refractivity contribution in [2.75, 3.05) is 31.7 Å². The molecule has 124 valence electrons. The number of benzene rings is 1. The van der Waals surface area contributed by atoms with Gasteiger partial charge in [-0.25, -0.2) is 0 Å². The molecule has 2 rings (SSSR count). The molecule has 1 saturated heterocycles. The van der Waals surface area contributed by atoms with Crippen LogP contribution in [0.4, 0.5) is 0 Å². The summed E-state index contributed by atoms with van der Waals surface area (Å²) in [4.78, 5) is 25.6. The van der Waals surface area contributed by atoms with E-state index in [0.29, 0.717) is 6.54 Å². The van der Waals surface area contributed by atoms with Crippen LogP contribution in [0.3, 0.4) is 0 Å². The zero-order valence-electron chi connectivity index (χ0n) is 13.3. The maximum Gasteiger partial charge on any atom is 0.246 e. The van der Waals surface area contributed by atoms with E-state index in [-0.39, 0.29) is 11.8 Å². The van der Waals surface area contributed by atoms with Crippen LogP contribution in [0.15, 0.2) is 36.4 Å². The standard InChI is InChI=1S/C17H22N2O3S/c1-22-15-5-3-14(4-6-15)13-18-16(20)7-8-17(21)19-9-2-11-23-12-10-19/h3-8H,2,9-13H2,1H3,(H,18,20). The highest BCUT2D eigenvalue weighted by atomic mass is 32.2. The first-order valence-electron chi connectivity index (χ1n) is 7.64. The molecule has 1 fully saturated rings. The van der Waals surface area contributed by atoms with E-state index in [2.05, 4.69) is 5.32 Å². The first-order valence-corrected chi connectivity index (χ1v) is 8.80. The quantitative estimate of drug-likeness (QED) is 0.835. The van der Waals surface area contributed by atoms with Crippen molar-refractivity contribution < 1.29 is 14.3 Å². The fourth-order valence-corrected chi connectivity index (χ4v) is 3.10. The molecule has 0 saturated carbocycles. The third kappa shape index (κ3) is 5.98. The van der Waals surface area contributed by atoms with Crippen molar-refractivity contribution in [3.63, 3.8) is 0 Å². The van der Waals surface area contributed by atoms with Crippen LogP contribution >= 0.6 is 11.8 Å². The molecule has 1 aliphatic heterocycles. The average Bonchev–Trinajstić information content (AvgIpc) is 2.87. The second-order valence-corrected chi connectivity index (χ2v) is 6.42. The van der Waals surface area contributed by atoms with Crippen LogP contribution in [0.1, 0.15) is 12.0 Å². The average molecular weight is 334 g/mol. The van der Waals surface area contributed by atoms with Gasteiger partial charge in [0.2, 0.25) is 11.8 Å². The Hall–Kier alpha value is -1.95. The molecule has 1 aliphatic rings. The molecule has 6 heteroatoms. The van der Waals surface area contributed by atoms with Crippen LogP contribution in [-0.2, 0) is 16.1 Å². The number of thioether (sulfide) groups is 1. The summed E-state index contributed by atoms with van der Waals surface area (Å²) in [6, 6.07) is 7.47. The van der Waals surface area contributed by atoms with Crippen molar-refractivity contribution in [2.24, 2.45) is 0 Å². The third-order valence-corrected chi connectivity index (χ3v) is 4.59. The lowest BCUT2D eigenvalue weighted by Gasteiger charge is -2.17. The van der Waals surface area contributed by atoms with E-state index in [0.717, 1.165) is 42.3 Å². The van der Waals surface area contributed by atoms with Crippen molar-refractivity contribution in [1.29, 1.82) is 0 Å².